The summed E-state index contributed by atoms with van der Waals surface area (Å²) >= 11 is 0. The number of amides is 1. The quantitative estimate of drug-likeness (QED) is 0.700. The topological polar surface area (TPSA) is 78.3 Å². The number of nitrogens with two attached hydrogens (primary N) is 2. The minimum atomic E-state index is -0.507. The maximum Gasteiger partial charge on any atom is 0.252 e. The highest BCUT2D eigenvalue weighted by Crippen LogP contribution is 2.18. The van der Waals surface area contributed by atoms with Crippen molar-refractivity contribution in [2.24, 2.45) is 11.5 Å². The summed E-state index contributed by atoms with van der Waals surface area (Å²) in [5.74, 6) is -0.0307. The molecule has 0 radical (unpaired) electrons. The third-order valence-corrected chi connectivity index (χ3v) is 1.77. The SMILES string of the molecule is COc1ccc(CN)cc1C(N)=O. The Hall–Kier alpha value is -1.55. The second kappa shape index (κ2) is 3.91. The van der Waals surface area contributed by atoms with Crippen molar-refractivity contribution >= 4 is 5.91 Å². The van der Waals surface area contributed by atoms with Crippen molar-refractivity contribution in [3.8, 4) is 5.75 Å². The monoisotopic (exact) mass is 180 g/mol. The van der Waals surface area contributed by atoms with Gasteiger partial charge in [0.1, 0.15) is 5.75 Å². The van der Waals surface area contributed by atoms with E-state index in [1.54, 1.807) is 18.2 Å². The van der Waals surface area contributed by atoms with Crippen LogP contribution in [0.5, 0.6) is 5.75 Å². The van der Waals surface area contributed by atoms with Crippen LogP contribution < -0.4 is 16.2 Å². The van der Waals surface area contributed by atoms with Gasteiger partial charge in [-0.25, -0.2) is 0 Å². The fourth-order valence-corrected chi connectivity index (χ4v) is 1.07. The number of hydrogen-bond acceptors (Lipinski definition) is 3. The summed E-state index contributed by atoms with van der Waals surface area (Å²) in [6.07, 6.45) is 0. The summed E-state index contributed by atoms with van der Waals surface area (Å²) in [4.78, 5) is 11.0. The van der Waals surface area contributed by atoms with Crippen LogP contribution in [-0.2, 0) is 6.54 Å². The highest BCUT2D eigenvalue weighted by Gasteiger charge is 2.08. The second-order valence-electron chi connectivity index (χ2n) is 2.60. The lowest BCUT2D eigenvalue weighted by Gasteiger charge is -2.06. The van der Waals surface area contributed by atoms with Gasteiger partial charge in [-0.2, -0.15) is 0 Å². The van der Waals surface area contributed by atoms with E-state index in [1.807, 2.05) is 0 Å². The average Bonchev–Trinajstić information content (AvgIpc) is 2.16. The fourth-order valence-electron chi connectivity index (χ4n) is 1.07. The number of methoxy groups -OCH3 is 1. The van der Waals surface area contributed by atoms with Gasteiger partial charge < -0.3 is 16.2 Å². The fraction of sp³-hybridized carbons (Fsp3) is 0.222. The first kappa shape index (κ1) is 9.54. The number of carbonyl (C=O) groups is 1. The van der Waals surface area contributed by atoms with Gasteiger partial charge in [0.25, 0.3) is 5.91 Å². The first-order valence-electron chi connectivity index (χ1n) is 3.86. The zero-order valence-corrected chi connectivity index (χ0v) is 7.41. The van der Waals surface area contributed by atoms with Crippen LogP contribution in [0.1, 0.15) is 15.9 Å². The van der Waals surface area contributed by atoms with E-state index in [0.717, 1.165) is 5.56 Å². The van der Waals surface area contributed by atoms with Crippen molar-refractivity contribution in [2.75, 3.05) is 7.11 Å². The number of hydrogen-bond donors (Lipinski definition) is 2. The lowest BCUT2D eigenvalue weighted by Crippen LogP contribution is -2.13. The number of primary amides is 1. The summed E-state index contributed by atoms with van der Waals surface area (Å²) in [5, 5.41) is 0. The van der Waals surface area contributed by atoms with Gasteiger partial charge in [-0.05, 0) is 17.7 Å². The minimum Gasteiger partial charge on any atom is -0.496 e. The Bertz CT molecular complexity index is 323. The van der Waals surface area contributed by atoms with Crippen molar-refractivity contribution in [1.29, 1.82) is 0 Å². The van der Waals surface area contributed by atoms with Crippen LogP contribution >= 0.6 is 0 Å². The molecule has 1 amide bonds. The summed E-state index contributed by atoms with van der Waals surface area (Å²) in [6.45, 7) is 0.379. The molecule has 0 unspecified atom stereocenters. The smallest absolute Gasteiger partial charge is 0.252 e. The average molecular weight is 180 g/mol. The van der Waals surface area contributed by atoms with E-state index in [9.17, 15) is 4.79 Å². The molecule has 0 saturated carbocycles. The molecule has 0 aliphatic carbocycles. The summed E-state index contributed by atoms with van der Waals surface area (Å²) in [5.41, 5.74) is 11.8. The van der Waals surface area contributed by atoms with E-state index >= 15 is 0 Å². The van der Waals surface area contributed by atoms with Gasteiger partial charge in [-0.3, -0.25) is 4.79 Å². The Labute approximate surface area is 76.5 Å². The Morgan fingerprint density at radius 1 is 1.54 bits per heavy atom. The molecule has 1 rings (SSSR count). The molecule has 0 fully saturated rings. The molecule has 4 N–H and O–H groups in total. The van der Waals surface area contributed by atoms with Gasteiger partial charge in [0.05, 0.1) is 12.7 Å². The molecule has 0 bridgehead atoms. The van der Waals surface area contributed by atoms with Crippen molar-refractivity contribution < 1.29 is 9.53 Å². The van der Waals surface area contributed by atoms with E-state index < -0.39 is 5.91 Å². The molecule has 0 aliphatic heterocycles. The second-order valence-corrected chi connectivity index (χ2v) is 2.60. The molecule has 0 spiro atoms. The van der Waals surface area contributed by atoms with Gasteiger partial charge in [0.15, 0.2) is 0 Å². The number of benzene rings is 1. The molecular formula is C9H12N2O2. The zero-order chi connectivity index (χ0) is 9.84. The van der Waals surface area contributed by atoms with Crippen molar-refractivity contribution in [3.05, 3.63) is 29.3 Å². The lowest BCUT2D eigenvalue weighted by molar-refractivity contribution is 0.0997. The summed E-state index contributed by atoms with van der Waals surface area (Å²) in [6, 6.07) is 5.12. The van der Waals surface area contributed by atoms with E-state index in [-0.39, 0.29) is 0 Å². The number of ether oxygens (including phenoxy) is 1. The summed E-state index contributed by atoms with van der Waals surface area (Å²) in [7, 11) is 1.49. The molecule has 0 saturated heterocycles. The molecule has 0 aromatic heterocycles. The predicted octanol–water partition coefficient (Wildman–Crippen LogP) is 0.253. The van der Waals surface area contributed by atoms with E-state index in [2.05, 4.69) is 0 Å². The Morgan fingerprint density at radius 3 is 2.69 bits per heavy atom. The van der Waals surface area contributed by atoms with Crippen LogP contribution in [0.15, 0.2) is 18.2 Å². The third-order valence-electron chi connectivity index (χ3n) is 1.77. The molecule has 4 heteroatoms. The van der Waals surface area contributed by atoms with Crippen LogP contribution in [0.2, 0.25) is 0 Å². The largest absolute Gasteiger partial charge is 0.496 e. The van der Waals surface area contributed by atoms with E-state index in [0.29, 0.717) is 17.9 Å². The molecule has 0 aliphatic rings. The maximum atomic E-state index is 11.0. The van der Waals surface area contributed by atoms with Crippen LogP contribution in [0.3, 0.4) is 0 Å². The first-order chi connectivity index (χ1) is 6.19. The highest BCUT2D eigenvalue weighted by atomic mass is 16.5. The van der Waals surface area contributed by atoms with Crippen LogP contribution in [-0.4, -0.2) is 13.0 Å². The molecule has 0 heterocycles. The van der Waals surface area contributed by atoms with Crippen molar-refractivity contribution in [3.63, 3.8) is 0 Å². The van der Waals surface area contributed by atoms with E-state index in [1.165, 1.54) is 7.11 Å². The third kappa shape index (κ3) is 1.97. The molecule has 1 aromatic rings. The van der Waals surface area contributed by atoms with Gasteiger partial charge in [-0.1, -0.05) is 6.07 Å². The Kier molecular flexibility index (Phi) is 2.87. The molecule has 13 heavy (non-hydrogen) atoms. The maximum absolute atomic E-state index is 11.0. The van der Waals surface area contributed by atoms with Gasteiger partial charge in [0.2, 0.25) is 0 Å². The lowest BCUT2D eigenvalue weighted by atomic mass is 10.1. The van der Waals surface area contributed by atoms with Crippen molar-refractivity contribution in [2.45, 2.75) is 6.54 Å². The minimum absolute atomic E-state index is 0.366. The number of rotatable bonds is 3. The van der Waals surface area contributed by atoms with E-state index in [4.69, 9.17) is 16.2 Å². The van der Waals surface area contributed by atoms with Gasteiger partial charge in [-0.15, -0.1) is 0 Å². The molecular weight excluding hydrogens is 168 g/mol. The van der Waals surface area contributed by atoms with Crippen LogP contribution in [0.4, 0.5) is 0 Å². The van der Waals surface area contributed by atoms with Crippen LogP contribution in [0, 0.1) is 0 Å². The highest BCUT2D eigenvalue weighted by molar-refractivity contribution is 5.95. The normalized spacial score (nSPS) is 9.69. The Morgan fingerprint density at radius 2 is 2.23 bits per heavy atom. The van der Waals surface area contributed by atoms with Gasteiger partial charge in [0, 0.05) is 6.54 Å². The molecule has 0 atom stereocenters. The van der Waals surface area contributed by atoms with Crippen molar-refractivity contribution in [1.82, 2.24) is 0 Å². The van der Waals surface area contributed by atoms with Gasteiger partial charge >= 0.3 is 0 Å². The zero-order valence-electron chi connectivity index (χ0n) is 7.41. The molecule has 70 valence electrons. The first-order valence-corrected chi connectivity index (χ1v) is 3.86. The number of carbonyl (C=O) groups excluding carboxylic acids is 1. The predicted molar refractivity (Wildman–Crippen MR) is 49.4 cm³/mol. The molecule has 4 nitrogen and oxygen atoms in total. The standard InChI is InChI=1S/C9H12N2O2/c1-13-8-3-2-6(5-10)4-7(8)9(11)12/h2-4H,5,10H2,1H3,(H2,11,12). The van der Waals surface area contributed by atoms with Crippen LogP contribution in [0.25, 0.3) is 0 Å². The Balaban J connectivity index is 3.18. The molecule has 1 aromatic carbocycles. The summed E-state index contributed by atoms with van der Waals surface area (Å²) < 4.78 is 4.96.